The topological polar surface area (TPSA) is 222 Å². The lowest BCUT2D eigenvalue weighted by Gasteiger charge is -2.39. The molecule has 0 spiro atoms. The molecule has 1 aromatic carbocycles. The van der Waals surface area contributed by atoms with Crippen molar-refractivity contribution in [3.63, 3.8) is 0 Å². The predicted octanol–water partition coefficient (Wildman–Crippen LogP) is 6.78. The standard InChI is InChI=1S/C45H70FN7O8S/c1-9-11-12-15-20-53(43(58)39(28(5)10-2)41(57)50-36-16-13-14-19-48-36)34(27(3)4)23-35(61-29(6)54)42-52-37(26-62-42)51-40(56)31(24-45(7,8)44(59)60)21-30-17-18-33(32(46)22-30)49-38(55)25-47/h17-18,22,26-28,31,34-36,39,48H,9-16,19-21,23-25,47H2,1-8H3,(H,49,55)(H,50,57)(H,51,56)(H,59,60)/t28-,31-,34+,35+,36+,39-/m0/s1. The first-order valence-electron chi connectivity index (χ1n) is 22.1. The first-order chi connectivity index (χ1) is 29.3. The normalized spacial score (nSPS) is 16.7. The van der Waals surface area contributed by atoms with Gasteiger partial charge in [0.2, 0.25) is 23.6 Å². The Bertz CT molecular complexity index is 1820. The number of ether oxygens (including phenoxy) is 1. The van der Waals surface area contributed by atoms with Crippen molar-refractivity contribution < 1.29 is 43.0 Å². The summed E-state index contributed by atoms with van der Waals surface area (Å²) in [5.41, 5.74) is 4.34. The molecule has 2 heterocycles. The SMILES string of the molecule is CCCCCCN(C(=O)[C@H](C(=O)N[C@@H]1CCCCN1)[C@@H](C)CC)[C@H](C[C@@H](OC(C)=O)c1nc(NC(=O)[C@@H](Cc2ccc(NC(=O)CN)c(F)c2)CC(C)(C)C(=O)O)cs1)C(C)C. The Morgan fingerprint density at radius 2 is 1.79 bits per heavy atom. The number of rotatable bonds is 25. The minimum atomic E-state index is -1.32. The zero-order chi connectivity index (χ0) is 46.1. The number of carboxylic acids is 1. The number of unbranched alkanes of at least 4 members (excludes halogenated alkanes) is 3. The first kappa shape index (κ1) is 51.9. The summed E-state index contributed by atoms with van der Waals surface area (Å²) in [7, 11) is 0. The van der Waals surface area contributed by atoms with Crippen LogP contribution in [0.15, 0.2) is 23.6 Å². The Morgan fingerprint density at radius 3 is 2.37 bits per heavy atom. The van der Waals surface area contributed by atoms with Gasteiger partial charge in [-0.25, -0.2) is 9.37 Å². The number of anilines is 2. The number of hydrogen-bond acceptors (Lipinski definition) is 11. The Balaban J connectivity index is 1.94. The van der Waals surface area contributed by atoms with Gasteiger partial charge in [0.25, 0.3) is 0 Å². The summed E-state index contributed by atoms with van der Waals surface area (Å²) in [4.78, 5) is 85.7. The predicted molar refractivity (Wildman–Crippen MR) is 238 cm³/mol. The number of nitrogens with zero attached hydrogens (tertiary/aromatic N) is 2. The largest absolute Gasteiger partial charge is 0.481 e. The van der Waals surface area contributed by atoms with E-state index in [-0.39, 0.29) is 67.1 Å². The third kappa shape index (κ3) is 15.7. The number of aliphatic carboxylic acids is 1. The second-order valence-corrected chi connectivity index (χ2v) is 18.4. The summed E-state index contributed by atoms with van der Waals surface area (Å²) >= 11 is 1.16. The molecule has 15 nitrogen and oxygen atoms in total. The maximum atomic E-state index is 15.0. The minimum absolute atomic E-state index is 0.0251. The molecule has 3 rings (SSSR count). The van der Waals surface area contributed by atoms with E-state index in [4.69, 9.17) is 10.5 Å². The molecule has 0 bridgehead atoms. The second kappa shape index (κ2) is 25.0. The van der Waals surface area contributed by atoms with Crippen molar-refractivity contribution in [3.8, 4) is 0 Å². The van der Waals surface area contributed by atoms with Crippen LogP contribution in [-0.2, 0) is 39.9 Å². The number of halogens is 1. The van der Waals surface area contributed by atoms with Crippen LogP contribution in [0, 0.1) is 34.9 Å². The van der Waals surface area contributed by atoms with Crippen molar-refractivity contribution in [2.24, 2.45) is 34.8 Å². The van der Waals surface area contributed by atoms with E-state index in [0.717, 1.165) is 62.8 Å². The van der Waals surface area contributed by atoms with Gasteiger partial charge in [-0.1, -0.05) is 66.4 Å². The molecule has 0 radical (unpaired) electrons. The van der Waals surface area contributed by atoms with E-state index in [1.54, 1.807) is 11.4 Å². The Labute approximate surface area is 370 Å². The van der Waals surface area contributed by atoms with Crippen LogP contribution in [0.3, 0.4) is 0 Å². The number of carbonyl (C=O) groups excluding carboxylic acids is 5. The average Bonchev–Trinajstić information content (AvgIpc) is 3.68. The molecule has 1 aromatic heterocycles. The number of amides is 4. The van der Waals surface area contributed by atoms with Crippen LogP contribution in [0.5, 0.6) is 0 Å². The Kier molecular flexibility index (Phi) is 20.9. The van der Waals surface area contributed by atoms with Crippen LogP contribution in [-0.4, -0.2) is 82.4 Å². The van der Waals surface area contributed by atoms with Crippen molar-refractivity contribution in [1.82, 2.24) is 20.5 Å². The number of piperidine rings is 1. The maximum Gasteiger partial charge on any atom is 0.309 e. The van der Waals surface area contributed by atoms with E-state index in [1.807, 2.05) is 32.6 Å². The fourth-order valence-corrected chi connectivity index (χ4v) is 8.54. The summed E-state index contributed by atoms with van der Waals surface area (Å²) in [6.45, 7) is 15.2. The van der Waals surface area contributed by atoms with Crippen LogP contribution in [0.4, 0.5) is 15.9 Å². The van der Waals surface area contributed by atoms with Gasteiger partial charge in [0.1, 0.15) is 22.6 Å². The summed E-state index contributed by atoms with van der Waals surface area (Å²) in [6.07, 6.45) is 6.00. The fourth-order valence-electron chi connectivity index (χ4n) is 7.75. The molecule has 0 aliphatic carbocycles. The number of nitrogens with two attached hydrogens (primary N) is 1. The molecule has 1 fully saturated rings. The molecule has 1 aliphatic rings. The lowest BCUT2D eigenvalue weighted by molar-refractivity contribution is -0.151. The van der Waals surface area contributed by atoms with Crippen LogP contribution >= 0.6 is 11.3 Å². The van der Waals surface area contributed by atoms with Gasteiger partial charge in [0.05, 0.1) is 23.8 Å². The van der Waals surface area contributed by atoms with Crippen molar-refractivity contribution in [2.75, 3.05) is 30.3 Å². The van der Waals surface area contributed by atoms with E-state index in [1.165, 1.54) is 32.9 Å². The van der Waals surface area contributed by atoms with Crippen molar-refractivity contribution >= 4 is 58.4 Å². The molecular formula is C45H70FN7O8S. The van der Waals surface area contributed by atoms with Gasteiger partial charge < -0.3 is 36.4 Å². The first-order valence-corrected chi connectivity index (χ1v) is 23.0. The van der Waals surface area contributed by atoms with Crippen LogP contribution in [0.2, 0.25) is 0 Å². The smallest absolute Gasteiger partial charge is 0.309 e. The molecule has 0 unspecified atom stereocenters. The van der Waals surface area contributed by atoms with Crippen molar-refractivity contribution in [1.29, 1.82) is 0 Å². The number of nitrogens with one attached hydrogen (secondary N) is 4. The minimum Gasteiger partial charge on any atom is -0.481 e. The van der Waals surface area contributed by atoms with E-state index in [9.17, 15) is 38.3 Å². The van der Waals surface area contributed by atoms with Crippen molar-refractivity contribution in [3.05, 3.63) is 40.0 Å². The van der Waals surface area contributed by atoms with Crippen LogP contribution in [0.1, 0.15) is 136 Å². The van der Waals surface area contributed by atoms with E-state index >= 15 is 0 Å². The number of thiazole rings is 1. The van der Waals surface area contributed by atoms with E-state index in [0.29, 0.717) is 23.5 Å². The van der Waals surface area contributed by atoms with Gasteiger partial charge in [-0.3, -0.25) is 34.1 Å². The molecule has 62 heavy (non-hydrogen) atoms. The molecule has 346 valence electrons. The zero-order valence-corrected chi connectivity index (χ0v) is 38.6. The van der Waals surface area contributed by atoms with Crippen molar-refractivity contribution in [2.45, 2.75) is 144 Å². The summed E-state index contributed by atoms with van der Waals surface area (Å²) in [6, 6.07) is 3.62. The summed E-state index contributed by atoms with van der Waals surface area (Å²) < 4.78 is 20.9. The second-order valence-electron chi connectivity index (χ2n) is 17.5. The highest BCUT2D eigenvalue weighted by Crippen LogP contribution is 2.35. The van der Waals surface area contributed by atoms with Gasteiger partial charge in [-0.05, 0) is 88.4 Å². The highest BCUT2D eigenvalue weighted by molar-refractivity contribution is 7.10. The lowest BCUT2D eigenvalue weighted by Crippen LogP contribution is -2.55. The molecule has 6 atom stereocenters. The van der Waals surface area contributed by atoms with Crippen LogP contribution < -0.4 is 27.0 Å². The number of hydrogen-bond donors (Lipinski definition) is 6. The molecular weight excluding hydrogens is 818 g/mol. The van der Waals surface area contributed by atoms with Gasteiger partial charge in [-0.2, -0.15) is 0 Å². The Morgan fingerprint density at radius 1 is 1.06 bits per heavy atom. The molecule has 0 saturated carbocycles. The fraction of sp³-hybridized carbons (Fsp3) is 0.667. The number of carboxylic acid groups (broad SMARTS) is 1. The van der Waals surface area contributed by atoms with Gasteiger partial charge >= 0.3 is 11.9 Å². The zero-order valence-electron chi connectivity index (χ0n) is 37.8. The summed E-state index contributed by atoms with van der Waals surface area (Å²) in [5, 5.41) is 23.5. The molecule has 17 heteroatoms. The Hall–Kier alpha value is -4.48. The van der Waals surface area contributed by atoms with Gasteiger partial charge in [-0.15, -0.1) is 11.3 Å². The highest BCUT2D eigenvalue weighted by atomic mass is 32.1. The average molecular weight is 888 g/mol. The third-order valence-corrected chi connectivity index (χ3v) is 12.5. The highest BCUT2D eigenvalue weighted by Gasteiger charge is 2.40. The number of aromatic nitrogens is 1. The van der Waals surface area contributed by atoms with Gasteiger partial charge in [0, 0.05) is 37.2 Å². The third-order valence-electron chi connectivity index (χ3n) is 11.6. The van der Waals surface area contributed by atoms with E-state index < -0.39 is 59.0 Å². The maximum absolute atomic E-state index is 15.0. The van der Waals surface area contributed by atoms with Crippen LogP contribution in [0.25, 0.3) is 0 Å². The number of esters is 1. The molecule has 7 N–H and O–H groups in total. The lowest BCUT2D eigenvalue weighted by atomic mass is 9.80. The number of benzene rings is 1. The quantitative estimate of drug-likeness (QED) is 0.0346. The molecule has 1 saturated heterocycles. The molecule has 1 aliphatic heterocycles. The van der Waals surface area contributed by atoms with Gasteiger partial charge in [0.15, 0.2) is 6.10 Å². The molecule has 4 amide bonds. The monoisotopic (exact) mass is 887 g/mol. The molecule has 2 aromatic rings. The van der Waals surface area contributed by atoms with E-state index in [2.05, 4.69) is 33.2 Å². The summed E-state index contributed by atoms with van der Waals surface area (Å²) in [5.74, 6) is -6.18. The number of carbonyl (C=O) groups is 6.